The third-order valence-corrected chi connectivity index (χ3v) is 6.22. The second-order valence-electron chi connectivity index (χ2n) is 8.74. The number of hydrogen-bond donors (Lipinski definition) is 0. The third kappa shape index (κ3) is 3.90. The van der Waals surface area contributed by atoms with Crippen LogP contribution in [0.2, 0.25) is 0 Å². The van der Waals surface area contributed by atoms with Crippen LogP contribution in [0.4, 0.5) is 0 Å². The molecule has 0 amide bonds. The van der Waals surface area contributed by atoms with Crippen LogP contribution in [-0.2, 0) is 13.1 Å². The van der Waals surface area contributed by atoms with Crippen molar-refractivity contribution in [2.45, 2.75) is 45.7 Å². The molecule has 5 aromatic rings. The number of ether oxygens (including phenoxy) is 1. The number of hydrogen-bond acceptors (Lipinski definition) is 8. The lowest BCUT2D eigenvalue weighted by molar-refractivity contribution is 0.397. The molecule has 0 bridgehead atoms. The van der Waals surface area contributed by atoms with Gasteiger partial charge in [0.15, 0.2) is 17.3 Å². The number of pyridine rings is 1. The van der Waals surface area contributed by atoms with Crippen LogP contribution in [-0.4, -0.2) is 51.4 Å². The highest BCUT2D eigenvalue weighted by Crippen LogP contribution is 2.44. The Morgan fingerprint density at radius 2 is 1.91 bits per heavy atom. The monoisotopic (exact) mass is 467 g/mol. The number of methoxy groups -OCH3 is 1. The maximum absolute atomic E-state index is 5.53. The van der Waals surface area contributed by atoms with Crippen molar-refractivity contribution in [3.8, 4) is 28.8 Å². The predicted molar refractivity (Wildman–Crippen MR) is 130 cm³/mol. The van der Waals surface area contributed by atoms with Crippen LogP contribution in [0.25, 0.3) is 33.9 Å². The molecule has 1 aliphatic carbocycles. The zero-order chi connectivity index (χ0) is 23.9. The van der Waals surface area contributed by atoms with Crippen molar-refractivity contribution >= 4 is 11.0 Å². The van der Waals surface area contributed by atoms with Crippen LogP contribution in [0.5, 0.6) is 5.88 Å². The highest BCUT2D eigenvalue weighted by atomic mass is 16.5. The summed E-state index contributed by atoms with van der Waals surface area (Å²) in [5, 5.41) is 5.42. The lowest BCUT2D eigenvalue weighted by Crippen LogP contribution is -2.06. The van der Waals surface area contributed by atoms with Crippen LogP contribution < -0.4 is 4.74 Å². The zero-order valence-electron chi connectivity index (χ0n) is 19.9. The highest BCUT2D eigenvalue weighted by Gasteiger charge is 2.31. The van der Waals surface area contributed by atoms with Crippen LogP contribution >= 0.6 is 0 Å². The molecule has 0 saturated heterocycles. The molecule has 1 fully saturated rings. The van der Waals surface area contributed by atoms with Gasteiger partial charge in [-0.1, -0.05) is 6.07 Å². The third-order valence-electron chi connectivity index (χ3n) is 6.22. The van der Waals surface area contributed by atoms with Crippen molar-refractivity contribution < 1.29 is 4.74 Å². The number of imidazole rings is 1. The van der Waals surface area contributed by atoms with Gasteiger partial charge < -0.3 is 9.30 Å². The molecule has 0 spiro atoms. The van der Waals surface area contributed by atoms with E-state index < -0.39 is 0 Å². The van der Waals surface area contributed by atoms with Gasteiger partial charge in [0.05, 0.1) is 36.6 Å². The molecule has 0 N–H and O–H groups in total. The van der Waals surface area contributed by atoms with Crippen molar-refractivity contribution in [2.75, 3.05) is 7.11 Å². The summed E-state index contributed by atoms with van der Waals surface area (Å²) < 4.78 is 9.50. The summed E-state index contributed by atoms with van der Waals surface area (Å²) in [6.45, 7) is 5.48. The van der Waals surface area contributed by atoms with Gasteiger partial charge >= 0.3 is 0 Å². The van der Waals surface area contributed by atoms with E-state index in [-0.39, 0.29) is 0 Å². The van der Waals surface area contributed by atoms with Crippen LogP contribution in [0, 0.1) is 6.92 Å². The largest absolute Gasteiger partial charge is 0.480 e. The SMILES string of the molecule is CCn1cc(C)nc1-c1ccc(Cn2ncc3cnc(-c4c(OC)ncnc4C4CC4)nc32)cn1. The second-order valence-corrected chi connectivity index (χ2v) is 8.74. The molecule has 1 saturated carbocycles. The topological polar surface area (TPSA) is 109 Å². The Labute approximate surface area is 202 Å². The lowest BCUT2D eigenvalue weighted by atomic mass is 10.1. The molecular formula is C25H25N9O. The van der Waals surface area contributed by atoms with Crippen molar-refractivity contribution in [1.82, 2.24) is 44.3 Å². The molecule has 10 heteroatoms. The molecule has 0 aromatic carbocycles. The van der Waals surface area contributed by atoms with Gasteiger partial charge in [0.25, 0.3) is 0 Å². The summed E-state index contributed by atoms with van der Waals surface area (Å²) in [7, 11) is 1.61. The first-order chi connectivity index (χ1) is 17.1. The normalized spacial score (nSPS) is 13.5. The summed E-state index contributed by atoms with van der Waals surface area (Å²) in [4.78, 5) is 27.6. The summed E-state index contributed by atoms with van der Waals surface area (Å²) in [6, 6.07) is 4.06. The van der Waals surface area contributed by atoms with Gasteiger partial charge in [0, 0.05) is 31.1 Å². The first kappa shape index (κ1) is 21.3. The number of fused-ring (bicyclic) bond motifs is 1. The number of rotatable bonds is 7. The standard InChI is InChI=1S/C25H25N9O/c1-4-33-12-15(2)31-24(33)19-8-5-16(9-26-19)13-34-23-18(11-30-34)10-27-22(32-23)20-21(17-6-7-17)28-14-29-25(20)35-3/h5,8-12,14,17H,4,6-7,13H2,1-3H3. The molecule has 6 rings (SSSR count). The Bertz CT molecular complexity index is 1520. The van der Waals surface area contributed by atoms with Gasteiger partial charge in [-0.25, -0.2) is 29.6 Å². The van der Waals surface area contributed by atoms with Gasteiger partial charge in [-0.2, -0.15) is 5.10 Å². The van der Waals surface area contributed by atoms with E-state index >= 15 is 0 Å². The maximum atomic E-state index is 5.53. The minimum absolute atomic E-state index is 0.405. The molecule has 176 valence electrons. The Morgan fingerprint density at radius 3 is 2.66 bits per heavy atom. The average molecular weight is 468 g/mol. The second kappa shape index (κ2) is 8.53. The fourth-order valence-corrected chi connectivity index (χ4v) is 4.33. The first-order valence-electron chi connectivity index (χ1n) is 11.7. The minimum Gasteiger partial charge on any atom is -0.480 e. The smallest absolute Gasteiger partial charge is 0.227 e. The molecule has 0 radical (unpaired) electrons. The van der Waals surface area contributed by atoms with Crippen molar-refractivity contribution in [3.63, 3.8) is 0 Å². The van der Waals surface area contributed by atoms with E-state index in [1.165, 1.54) is 0 Å². The van der Waals surface area contributed by atoms with E-state index in [1.807, 2.05) is 30.1 Å². The van der Waals surface area contributed by atoms with E-state index in [0.717, 1.165) is 64.5 Å². The van der Waals surface area contributed by atoms with Gasteiger partial charge in [-0.15, -0.1) is 0 Å². The first-order valence-corrected chi connectivity index (χ1v) is 11.7. The zero-order valence-corrected chi connectivity index (χ0v) is 19.9. The van der Waals surface area contributed by atoms with Gasteiger partial charge in [0.2, 0.25) is 5.88 Å². The van der Waals surface area contributed by atoms with E-state index in [0.29, 0.717) is 24.2 Å². The average Bonchev–Trinajstić information content (AvgIpc) is 3.57. The predicted octanol–water partition coefficient (Wildman–Crippen LogP) is 3.80. The van der Waals surface area contributed by atoms with Gasteiger partial charge in [-0.3, -0.25) is 4.98 Å². The fraction of sp³-hybridized carbons (Fsp3) is 0.320. The fourth-order valence-electron chi connectivity index (χ4n) is 4.33. The minimum atomic E-state index is 0.405. The number of aryl methyl sites for hydroxylation is 2. The van der Waals surface area contributed by atoms with Crippen molar-refractivity contribution in [3.05, 3.63) is 60.2 Å². The van der Waals surface area contributed by atoms with E-state index in [2.05, 4.69) is 47.6 Å². The van der Waals surface area contributed by atoms with E-state index in [9.17, 15) is 0 Å². The van der Waals surface area contributed by atoms with Gasteiger partial charge in [0.1, 0.15) is 17.6 Å². The molecule has 35 heavy (non-hydrogen) atoms. The van der Waals surface area contributed by atoms with Crippen LogP contribution in [0.15, 0.2) is 43.2 Å². The Morgan fingerprint density at radius 1 is 1.03 bits per heavy atom. The molecule has 5 aromatic heterocycles. The molecule has 10 nitrogen and oxygen atoms in total. The molecule has 5 heterocycles. The summed E-state index contributed by atoms with van der Waals surface area (Å²) in [6.07, 6.45) is 11.2. The summed E-state index contributed by atoms with van der Waals surface area (Å²) in [5.41, 5.74) is 5.30. The molecular weight excluding hydrogens is 442 g/mol. The quantitative estimate of drug-likeness (QED) is 0.355. The van der Waals surface area contributed by atoms with Crippen molar-refractivity contribution in [1.29, 1.82) is 0 Å². The van der Waals surface area contributed by atoms with E-state index in [1.54, 1.807) is 25.8 Å². The van der Waals surface area contributed by atoms with Crippen LogP contribution in [0.3, 0.4) is 0 Å². The molecule has 0 unspecified atom stereocenters. The highest BCUT2D eigenvalue weighted by molar-refractivity contribution is 5.77. The number of nitrogens with zero attached hydrogens (tertiary/aromatic N) is 9. The Balaban J connectivity index is 1.33. The molecule has 1 aliphatic rings. The Kier molecular flexibility index (Phi) is 5.20. The van der Waals surface area contributed by atoms with Crippen molar-refractivity contribution in [2.24, 2.45) is 0 Å². The number of aromatic nitrogens is 9. The lowest BCUT2D eigenvalue weighted by Gasteiger charge is -2.11. The van der Waals surface area contributed by atoms with Gasteiger partial charge in [-0.05, 0) is 38.3 Å². The van der Waals surface area contributed by atoms with E-state index in [4.69, 9.17) is 9.72 Å². The summed E-state index contributed by atoms with van der Waals surface area (Å²) in [5.74, 6) is 2.33. The Hall–Kier alpha value is -4.21. The van der Waals surface area contributed by atoms with Crippen LogP contribution in [0.1, 0.15) is 42.6 Å². The summed E-state index contributed by atoms with van der Waals surface area (Å²) >= 11 is 0. The molecule has 0 aliphatic heterocycles. The molecule has 0 atom stereocenters. The maximum Gasteiger partial charge on any atom is 0.227 e.